The van der Waals surface area contributed by atoms with Crippen LogP contribution in [0.1, 0.15) is 63.5 Å². The van der Waals surface area contributed by atoms with Crippen LogP contribution in [0.15, 0.2) is 12.1 Å². The molecule has 0 unspecified atom stereocenters. The van der Waals surface area contributed by atoms with Crippen molar-refractivity contribution < 1.29 is 24.4 Å². The fraction of sp³-hybridized carbons (Fsp3) is 0.750. The van der Waals surface area contributed by atoms with Gasteiger partial charge in [0, 0.05) is 18.0 Å². The van der Waals surface area contributed by atoms with E-state index in [1.54, 1.807) is 6.07 Å². The minimum atomic E-state index is -0.938. The first-order valence-electron chi connectivity index (χ1n) is 11.7. The summed E-state index contributed by atoms with van der Waals surface area (Å²) in [5.41, 5.74) is -0.325. The molecule has 2 bridgehead atoms. The van der Waals surface area contributed by atoms with Gasteiger partial charge in [-0.15, -0.1) is 0 Å². The number of fused-ring (bicyclic) bond motifs is 1. The van der Waals surface area contributed by atoms with E-state index < -0.39 is 22.4 Å². The van der Waals surface area contributed by atoms with Crippen LogP contribution < -0.4 is 10.1 Å². The Morgan fingerprint density at radius 3 is 2.57 bits per heavy atom. The molecule has 4 atom stereocenters. The molecule has 2 saturated carbocycles. The van der Waals surface area contributed by atoms with Gasteiger partial charge in [-0.2, -0.15) is 0 Å². The second-order valence-corrected chi connectivity index (χ2v) is 10.2. The number of piperidine rings is 1. The zero-order chi connectivity index (χ0) is 20.8. The molecule has 0 amide bonds. The smallest absolute Gasteiger partial charge is 0.209 e. The summed E-state index contributed by atoms with van der Waals surface area (Å²) in [6, 6.07) is 3.66. The van der Waals surface area contributed by atoms with Gasteiger partial charge in [0.05, 0.1) is 24.2 Å². The van der Waals surface area contributed by atoms with Gasteiger partial charge in [-0.1, -0.05) is 32.3 Å². The minimum Gasteiger partial charge on any atom is -0.504 e. The maximum atomic E-state index is 12.0. The van der Waals surface area contributed by atoms with Crippen LogP contribution in [0, 0.1) is 5.92 Å². The van der Waals surface area contributed by atoms with Crippen molar-refractivity contribution in [3.05, 3.63) is 23.3 Å². The predicted octanol–water partition coefficient (Wildman–Crippen LogP) is 2.77. The first kappa shape index (κ1) is 19.4. The highest BCUT2D eigenvalue weighted by Gasteiger charge is 2.82. The highest BCUT2D eigenvalue weighted by molar-refractivity contribution is 5.64. The summed E-state index contributed by atoms with van der Waals surface area (Å²) in [6.45, 7) is 6.14. The van der Waals surface area contributed by atoms with E-state index in [4.69, 9.17) is 14.2 Å². The van der Waals surface area contributed by atoms with E-state index in [2.05, 4.69) is 12.2 Å². The zero-order valence-electron chi connectivity index (χ0n) is 18.0. The van der Waals surface area contributed by atoms with Crippen LogP contribution in [-0.4, -0.2) is 53.0 Å². The second-order valence-electron chi connectivity index (χ2n) is 10.2. The van der Waals surface area contributed by atoms with Crippen LogP contribution in [0.3, 0.4) is 0 Å². The van der Waals surface area contributed by atoms with Gasteiger partial charge < -0.3 is 29.7 Å². The summed E-state index contributed by atoms with van der Waals surface area (Å²) in [5.74, 6) is 0.909. The predicted molar refractivity (Wildman–Crippen MR) is 111 cm³/mol. The highest BCUT2D eigenvalue weighted by Crippen LogP contribution is 2.71. The van der Waals surface area contributed by atoms with Crippen molar-refractivity contribution in [3.63, 3.8) is 0 Å². The van der Waals surface area contributed by atoms with Crippen LogP contribution in [0.5, 0.6) is 11.5 Å². The van der Waals surface area contributed by atoms with Crippen LogP contribution in [0.25, 0.3) is 0 Å². The lowest BCUT2D eigenvalue weighted by atomic mass is 9.44. The van der Waals surface area contributed by atoms with Gasteiger partial charge in [0.25, 0.3) is 0 Å². The summed E-state index contributed by atoms with van der Waals surface area (Å²) in [7, 11) is 0. The lowest BCUT2D eigenvalue weighted by Crippen LogP contribution is -2.83. The van der Waals surface area contributed by atoms with E-state index in [1.807, 2.05) is 13.0 Å². The number of nitrogens with one attached hydrogen (secondary N) is 1. The number of hydrogen-bond donors (Lipinski definition) is 3. The molecular weight excluding hydrogens is 382 g/mol. The van der Waals surface area contributed by atoms with E-state index in [0.29, 0.717) is 31.8 Å². The third-order valence-corrected chi connectivity index (χ3v) is 8.99. The number of phenolic OH excluding ortho intramolecular Hbond substituents is 1. The number of rotatable bonds is 1. The molecule has 0 radical (unpaired) electrons. The SMILES string of the molecule is CCC1CC1.C[C@@]12Oc3c(O)ccc4c3[C@@]13CCN[C@H](C4)[C@]3(O)CCC21OCCO1. The van der Waals surface area contributed by atoms with Crippen molar-refractivity contribution in [1.82, 2.24) is 5.32 Å². The Kier molecular flexibility index (Phi) is 3.95. The molecule has 6 heteroatoms. The van der Waals surface area contributed by atoms with Crippen molar-refractivity contribution in [2.75, 3.05) is 19.8 Å². The first-order chi connectivity index (χ1) is 14.4. The molecule has 3 aliphatic heterocycles. The molecule has 4 fully saturated rings. The molecule has 1 aromatic rings. The number of ether oxygens (including phenoxy) is 3. The molecule has 6 nitrogen and oxygen atoms in total. The molecule has 164 valence electrons. The standard InChI is InChI=1S/C19H23NO5.C5H10/c1-16-17-6-7-20-13(10-11-2-3-12(21)15(25-16)14(11)17)18(17,22)4-5-19(16)23-8-9-24-19;1-2-5-3-4-5/h2-3,13,20-22H,4-10H2,1H3;5H,2-4H2,1H3/t13-,16-,17+,18-;/m1./s1. The fourth-order valence-corrected chi connectivity index (χ4v) is 7.24. The zero-order valence-corrected chi connectivity index (χ0v) is 18.0. The van der Waals surface area contributed by atoms with E-state index in [-0.39, 0.29) is 11.8 Å². The summed E-state index contributed by atoms with van der Waals surface area (Å²) in [4.78, 5) is 0. The Bertz CT molecular complexity index is 879. The molecule has 3 N–H and O–H groups in total. The van der Waals surface area contributed by atoms with Crippen LogP contribution in [-0.2, 0) is 21.3 Å². The maximum Gasteiger partial charge on any atom is 0.209 e. The number of hydrogen-bond acceptors (Lipinski definition) is 6. The van der Waals surface area contributed by atoms with E-state index >= 15 is 0 Å². The van der Waals surface area contributed by atoms with Crippen molar-refractivity contribution in [2.24, 2.45) is 5.92 Å². The third kappa shape index (κ3) is 2.09. The van der Waals surface area contributed by atoms with Gasteiger partial charge in [0.2, 0.25) is 5.79 Å². The number of aliphatic hydroxyl groups is 1. The van der Waals surface area contributed by atoms with Gasteiger partial charge in [0.1, 0.15) is 0 Å². The van der Waals surface area contributed by atoms with Crippen molar-refractivity contribution in [2.45, 2.75) is 87.2 Å². The topological polar surface area (TPSA) is 80.2 Å². The lowest BCUT2D eigenvalue weighted by Gasteiger charge is -2.66. The Morgan fingerprint density at radius 1 is 1.13 bits per heavy atom. The van der Waals surface area contributed by atoms with Gasteiger partial charge in [-0.3, -0.25) is 0 Å². The van der Waals surface area contributed by atoms with Crippen molar-refractivity contribution >= 4 is 0 Å². The summed E-state index contributed by atoms with van der Waals surface area (Å²) in [5, 5.41) is 26.0. The van der Waals surface area contributed by atoms with Gasteiger partial charge in [0.15, 0.2) is 17.1 Å². The molecule has 0 aromatic heterocycles. The summed E-state index contributed by atoms with van der Waals surface area (Å²) >= 11 is 0. The molecule has 1 aromatic carbocycles. The van der Waals surface area contributed by atoms with Crippen molar-refractivity contribution in [3.8, 4) is 11.5 Å². The van der Waals surface area contributed by atoms with Crippen LogP contribution in [0.2, 0.25) is 0 Å². The molecule has 3 heterocycles. The quantitative estimate of drug-likeness (QED) is 0.655. The lowest BCUT2D eigenvalue weighted by molar-refractivity contribution is -0.327. The largest absolute Gasteiger partial charge is 0.504 e. The average Bonchev–Trinajstić information content (AvgIpc) is 3.37. The Labute approximate surface area is 177 Å². The van der Waals surface area contributed by atoms with Crippen LogP contribution in [0.4, 0.5) is 0 Å². The maximum absolute atomic E-state index is 12.0. The fourth-order valence-electron chi connectivity index (χ4n) is 7.24. The number of aromatic hydroxyl groups is 1. The normalized spacial score (nSPS) is 41.6. The summed E-state index contributed by atoms with van der Waals surface area (Å²) < 4.78 is 18.8. The van der Waals surface area contributed by atoms with Gasteiger partial charge >= 0.3 is 0 Å². The third-order valence-electron chi connectivity index (χ3n) is 8.99. The summed E-state index contributed by atoms with van der Waals surface area (Å²) in [6.07, 6.45) is 7.10. The van der Waals surface area contributed by atoms with E-state index in [0.717, 1.165) is 36.4 Å². The Hall–Kier alpha value is -1.34. The van der Waals surface area contributed by atoms with Crippen LogP contribution >= 0.6 is 0 Å². The van der Waals surface area contributed by atoms with Crippen molar-refractivity contribution in [1.29, 1.82) is 0 Å². The monoisotopic (exact) mass is 415 g/mol. The molecule has 2 saturated heterocycles. The first-order valence-corrected chi connectivity index (χ1v) is 11.7. The molecular formula is C24H33NO5. The number of phenols is 1. The van der Waals surface area contributed by atoms with Gasteiger partial charge in [-0.05, 0) is 50.3 Å². The molecule has 7 rings (SSSR count). The number of benzene rings is 1. The molecule has 2 spiro atoms. The highest BCUT2D eigenvalue weighted by atomic mass is 16.8. The second kappa shape index (κ2) is 6.12. The molecule has 6 aliphatic rings. The molecule has 3 aliphatic carbocycles. The van der Waals surface area contributed by atoms with E-state index in [1.165, 1.54) is 19.3 Å². The van der Waals surface area contributed by atoms with Gasteiger partial charge in [-0.25, -0.2) is 0 Å². The Balaban J connectivity index is 0.000000310. The Morgan fingerprint density at radius 2 is 1.90 bits per heavy atom. The minimum absolute atomic E-state index is 0.0223. The van der Waals surface area contributed by atoms with E-state index in [9.17, 15) is 10.2 Å². The average molecular weight is 416 g/mol. The molecule has 30 heavy (non-hydrogen) atoms.